The minimum absolute atomic E-state index is 0.112. The van der Waals surface area contributed by atoms with Crippen LogP contribution in [0.25, 0.3) is 0 Å². The minimum atomic E-state index is -0.618. The molecule has 1 aliphatic heterocycles. The summed E-state index contributed by atoms with van der Waals surface area (Å²) in [6, 6.07) is 0.653. The molecule has 1 saturated heterocycles. The van der Waals surface area contributed by atoms with E-state index in [4.69, 9.17) is 16.9 Å². The Hall–Kier alpha value is -1.67. The molecule has 8 atom stereocenters. The topological polar surface area (TPSA) is 146 Å². The molecule has 8 unspecified atom stereocenters. The first-order valence-electron chi connectivity index (χ1n) is 14.7. The fourth-order valence-electron chi connectivity index (χ4n) is 8.81. The van der Waals surface area contributed by atoms with Gasteiger partial charge < -0.3 is 21.9 Å². The predicted octanol–water partition coefficient (Wildman–Crippen LogP) is 3.08. The van der Waals surface area contributed by atoms with Crippen LogP contribution in [0.5, 0.6) is 0 Å². The van der Waals surface area contributed by atoms with Crippen LogP contribution in [0, 0.1) is 40.9 Å². The maximum absolute atomic E-state index is 13.7. The molecule has 1 amide bonds. The lowest BCUT2D eigenvalue weighted by atomic mass is 9.61. The third kappa shape index (κ3) is 5.31. The summed E-state index contributed by atoms with van der Waals surface area (Å²) in [7, 11) is 0. The Morgan fingerprint density at radius 2 is 1.64 bits per heavy atom. The Morgan fingerprint density at radius 3 is 2.33 bits per heavy atom. The lowest BCUT2D eigenvalue weighted by Crippen LogP contribution is -2.53. The molecule has 202 valence electrons. The molecule has 1 heterocycles. The second kappa shape index (κ2) is 11.0. The van der Waals surface area contributed by atoms with Gasteiger partial charge in [0.1, 0.15) is 0 Å². The number of nitrogens with one attached hydrogen (secondary N) is 2. The third-order valence-corrected chi connectivity index (χ3v) is 10.8. The van der Waals surface area contributed by atoms with E-state index in [1.54, 1.807) is 0 Å². The molecule has 0 aromatic rings. The summed E-state index contributed by atoms with van der Waals surface area (Å²) >= 11 is 0. The molecule has 8 heteroatoms. The van der Waals surface area contributed by atoms with Crippen LogP contribution in [0.4, 0.5) is 0 Å². The number of nitrogens with zero attached hydrogens (tertiary/aromatic N) is 1. The third-order valence-electron chi connectivity index (χ3n) is 10.8. The fraction of sp³-hybridized carbons (Fsp3) is 0.893. The molecular formula is C28H47N5O3. The van der Waals surface area contributed by atoms with Gasteiger partial charge in [0.05, 0.1) is 17.8 Å². The number of hydrogen-bond donors (Lipinski definition) is 5. The second-order valence-electron chi connectivity index (χ2n) is 12.8. The summed E-state index contributed by atoms with van der Waals surface area (Å²) in [5, 5.41) is 21.3. The number of amides is 1. The predicted molar refractivity (Wildman–Crippen MR) is 139 cm³/mol. The Balaban J connectivity index is 1.33. The van der Waals surface area contributed by atoms with Gasteiger partial charge in [-0.3, -0.25) is 19.9 Å². The van der Waals surface area contributed by atoms with Crippen molar-refractivity contribution >= 4 is 17.7 Å². The van der Waals surface area contributed by atoms with Crippen LogP contribution in [0.3, 0.4) is 0 Å². The average molecular weight is 502 g/mol. The average Bonchev–Trinajstić information content (AvgIpc) is 3.23. The Bertz CT molecular complexity index is 828. The molecule has 36 heavy (non-hydrogen) atoms. The smallest absolute Gasteiger partial charge is 0.306 e. The number of amidine groups is 1. The Labute approximate surface area is 215 Å². The number of carbonyl (C=O) groups is 2. The first-order valence-corrected chi connectivity index (χ1v) is 14.7. The van der Waals surface area contributed by atoms with Gasteiger partial charge in [0.2, 0.25) is 5.91 Å². The van der Waals surface area contributed by atoms with E-state index in [0.29, 0.717) is 23.8 Å². The molecule has 5 fully saturated rings. The lowest BCUT2D eigenvalue weighted by molar-refractivity contribution is -0.148. The van der Waals surface area contributed by atoms with Crippen LogP contribution in [0.1, 0.15) is 89.9 Å². The van der Waals surface area contributed by atoms with E-state index < -0.39 is 5.97 Å². The zero-order valence-electron chi connectivity index (χ0n) is 21.7. The van der Waals surface area contributed by atoms with Crippen molar-refractivity contribution in [1.82, 2.24) is 10.2 Å². The van der Waals surface area contributed by atoms with Crippen LogP contribution < -0.4 is 16.8 Å². The Kier molecular flexibility index (Phi) is 7.92. The second-order valence-corrected chi connectivity index (χ2v) is 12.8. The molecule has 5 rings (SSSR count). The number of carboxylic acids is 1. The fourth-order valence-corrected chi connectivity index (χ4v) is 8.81. The largest absolute Gasteiger partial charge is 0.481 e. The van der Waals surface area contributed by atoms with Crippen LogP contribution in [0.15, 0.2) is 0 Å². The summed E-state index contributed by atoms with van der Waals surface area (Å²) in [5.41, 5.74) is 12.0. The monoisotopic (exact) mass is 501 g/mol. The van der Waals surface area contributed by atoms with Crippen molar-refractivity contribution in [3.63, 3.8) is 0 Å². The summed E-state index contributed by atoms with van der Waals surface area (Å²) in [6.07, 6.45) is 13.8. The molecular weight excluding hydrogens is 454 g/mol. The molecule has 0 aromatic heterocycles. The minimum Gasteiger partial charge on any atom is -0.481 e. The van der Waals surface area contributed by atoms with Crippen LogP contribution >= 0.6 is 0 Å². The van der Waals surface area contributed by atoms with Crippen molar-refractivity contribution in [2.24, 2.45) is 47.0 Å². The van der Waals surface area contributed by atoms with Crippen molar-refractivity contribution in [2.45, 2.75) is 114 Å². The number of carboxylic acid groups (broad SMARTS) is 1. The first-order chi connectivity index (χ1) is 17.3. The van der Waals surface area contributed by atoms with Gasteiger partial charge in [-0.1, -0.05) is 12.8 Å². The SMILES string of the molecule is N=C(N)C1CCC2CC(C(=O)NC3CCC(N)CC3)N(CC3CCC(C(=O)O)C4CCCCC34)C2C1. The first kappa shape index (κ1) is 26.0. The van der Waals surface area contributed by atoms with E-state index in [9.17, 15) is 14.7 Å². The number of carbonyl (C=O) groups excluding carboxylic acids is 1. The normalized spacial score (nSPS) is 43.2. The highest BCUT2D eigenvalue weighted by Gasteiger charge is 2.50. The summed E-state index contributed by atoms with van der Waals surface area (Å²) in [6.45, 7) is 0.882. The van der Waals surface area contributed by atoms with E-state index in [-0.39, 0.29) is 47.6 Å². The van der Waals surface area contributed by atoms with Crippen molar-refractivity contribution in [2.75, 3.05) is 6.54 Å². The lowest BCUT2D eigenvalue weighted by Gasteiger charge is -2.47. The zero-order valence-corrected chi connectivity index (χ0v) is 21.7. The molecule has 0 aromatic carbocycles. The highest BCUT2D eigenvalue weighted by atomic mass is 16.4. The highest BCUT2D eigenvalue weighted by Crippen LogP contribution is 2.49. The van der Waals surface area contributed by atoms with Crippen molar-refractivity contribution in [3.05, 3.63) is 0 Å². The molecule has 0 spiro atoms. The number of aliphatic carboxylic acids is 1. The summed E-state index contributed by atoms with van der Waals surface area (Å²) in [4.78, 5) is 28.2. The highest BCUT2D eigenvalue weighted by molar-refractivity contribution is 5.83. The molecule has 7 N–H and O–H groups in total. The Morgan fingerprint density at radius 1 is 0.917 bits per heavy atom. The van der Waals surface area contributed by atoms with Gasteiger partial charge >= 0.3 is 5.97 Å². The summed E-state index contributed by atoms with van der Waals surface area (Å²) in [5.74, 6) is 1.41. The molecule has 4 aliphatic carbocycles. The number of rotatable bonds is 6. The number of hydrogen-bond acceptors (Lipinski definition) is 5. The summed E-state index contributed by atoms with van der Waals surface area (Å²) < 4.78 is 0. The molecule has 4 saturated carbocycles. The number of fused-ring (bicyclic) bond motifs is 2. The van der Waals surface area contributed by atoms with Gasteiger partial charge in [0.15, 0.2) is 0 Å². The van der Waals surface area contributed by atoms with Crippen LogP contribution in [-0.2, 0) is 9.59 Å². The van der Waals surface area contributed by atoms with E-state index in [2.05, 4.69) is 10.2 Å². The van der Waals surface area contributed by atoms with Gasteiger partial charge in [0.25, 0.3) is 0 Å². The number of likely N-dealkylation sites (tertiary alicyclic amines) is 1. The van der Waals surface area contributed by atoms with Gasteiger partial charge in [-0.2, -0.15) is 0 Å². The van der Waals surface area contributed by atoms with E-state index >= 15 is 0 Å². The number of nitrogens with two attached hydrogens (primary N) is 2. The van der Waals surface area contributed by atoms with E-state index in [0.717, 1.165) is 90.0 Å². The zero-order chi connectivity index (χ0) is 25.4. The van der Waals surface area contributed by atoms with Crippen molar-refractivity contribution < 1.29 is 14.7 Å². The maximum atomic E-state index is 13.7. The van der Waals surface area contributed by atoms with Crippen LogP contribution in [0.2, 0.25) is 0 Å². The molecule has 5 aliphatic rings. The molecule has 0 bridgehead atoms. The van der Waals surface area contributed by atoms with E-state index in [1.165, 1.54) is 6.42 Å². The van der Waals surface area contributed by atoms with Crippen molar-refractivity contribution in [3.8, 4) is 0 Å². The van der Waals surface area contributed by atoms with Crippen molar-refractivity contribution in [1.29, 1.82) is 5.41 Å². The standard InChI is InChI=1S/C28H47N5O3/c29-19-8-10-20(11-9-19)32-27(34)25-13-16-5-6-17(26(30)31)14-24(16)33(25)15-18-7-12-23(28(35)36)22-4-2-1-3-21(18)22/h16-25H,1-15,29H2,(H3,30,31)(H,32,34)(H,35,36). The van der Waals surface area contributed by atoms with Gasteiger partial charge in [-0.15, -0.1) is 0 Å². The maximum Gasteiger partial charge on any atom is 0.306 e. The van der Waals surface area contributed by atoms with Gasteiger partial charge in [0, 0.05) is 30.6 Å². The molecule has 8 nitrogen and oxygen atoms in total. The van der Waals surface area contributed by atoms with Crippen LogP contribution in [-0.4, -0.2) is 58.4 Å². The van der Waals surface area contributed by atoms with Gasteiger partial charge in [-0.25, -0.2) is 0 Å². The van der Waals surface area contributed by atoms with Gasteiger partial charge in [-0.05, 0) is 101 Å². The van der Waals surface area contributed by atoms with E-state index in [1.807, 2.05) is 0 Å². The molecule has 0 radical (unpaired) electrons. The quantitative estimate of drug-likeness (QED) is 0.279.